The molecule has 3 rings (SSSR count). The molecular weight excluding hydrogens is 294 g/mol. The average molecular weight is 322 g/mol. The van der Waals surface area contributed by atoms with E-state index >= 15 is 0 Å². The van der Waals surface area contributed by atoms with Gasteiger partial charge in [-0.15, -0.1) is 0 Å². The molecule has 3 nitrogen and oxygen atoms in total. The van der Waals surface area contributed by atoms with E-state index in [9.17, 15) is 9.90 Å². The van der Waals surface area contributed by atoms with E-state index in [0.717, 1.165) is 55.2 Å². The van der Waals surface area contributed by atoms with Crippen molar-refractivity contribution in [3.05, 3.63) is 22.4 Å². The molecule has 2 aliphatic rings. The summed E-state index contributed by atoms with van der Waals surface area (Å²) in [6.07, 6.45) is 5.86. The van der Waals surface area contributed by atoms with Crippen molar-refractivity contribution in [1.82, 2.24) is 0 Å². The highest BCUT2D eigenvalue weighted by atomic mass is 32.1. The molecule has 122 valence electrons. The topological polar surface area (TPSA) is 37.3 Å². The number of carbonyl (C=O) groups excluding carboxylic acids is 1. The summed E-state index contributed by atoms with van der Waals surface area (Å²) in [4.78, 5) is 13.1. The summed E-state index contributed by atoms with van der Waals surface area (Å²) in [5.74, 6) is 0.595. The smallest absolute Gasteiger partial charge is 0.169 e. The Morgan fingerprint density at radius 1 is 1.36 bits per heavy atom. The van der Waals surface area contributed by atoms with Gasteiger partial charge >= 0.3 is 0 Å². The maximum absolute atomic E-state index is 13.1. The van der Waals surface area contributed by atoms with E-state index < -0.39 is 5.60 Å². The molecule has 1 saturated heterocycles. The molecule has 2 heterocycles. The van der Waals surface area contributed by atoms with Gasteiger partial charge < -0.3 is 9.59 Å². The van der Waals surface area contributed by atoms with E-state index in [2.05, 4.69) is 14.1 Å². The molecule has 0 unspecified atom stereocenters. The van der Waals surface area contributed by atoms with Gasteiger partial charge in [-0.1, -0.05) is 12.8 Å². The number of hydrogen-bond donors (Lipinski definition) is 1. The first-order chi connectivity index (χ1) is 10.4. The highest BCUT2D eigenvalue weighted by Gasteiger charge is 2.47. The van der Waals surface area contributed by atoms with Crippen molar-refractivity contribution in [2.24, 2.45) is 11.8 Å². The molecule has 2 atom stereocenters. The summed E-state index contributed by atoms with van der Waals surface area (Å²) < 4.78 is 0.998. The van der Waals surface area contributed by atoms with Crippen LogP contribution in [0.25, 0.3) is 0 Å². The number of ketones is 1. The highest BCUT2D eigenvalue weighted by molar-refractivity contribution is 7.08. The van der Waals surface area contributed by atoms with Crippen molar-refractivity contribution in [2.75, 3.05) is 27.2 Å². The first-order valence-corrected chi connectivity index (χ1v) is 9.46. The molecule has 0 aromatic carbocycles. The van der Waals surface area contributed by atoms with Crippen molar-refractivity contribution in [3.8, 4) is 0 Å². The van der Waals surface area contributed by atoms with Crippen LogP contribution >= 0.6 is 11.3 Å². The minimum absolute atomic E-state index is 0.0599. The quantitative estimate of drug-likeness (QED) is 0.846. The number of likely N-dealkylation sites (tertiary alicyclic amines) is 1. The lowest BCUT2D eigenvalue weighted by atomic mass is 9.75. The van der Waals surface area contributed by atoms with Crippen LogP contribution in [0, 0.1) is 11.8 Å². The Hall–Kier alpha value is -0.710. The average Bonchev–Trinajstić information content (AvgIpc) is 3.19. The second-order valence-corrected chi connectivity index (χ2v) is 8.66. The molecule has 0 bridgehead atoms. The monoisotopic (exact) mass is 322 g/mol. The second-order valence-electron chi connectivity index (χ2n) is 7.88. The van der Waals surface area contributed by atoms with Gasteiger partial charge in [-0.3, -0.25) is 4.79 Å². The van der Waals surface area contributed by atoms with Crippen LogP contribution in [0.1, 0.15) is 44.1 Å². The minimum atomic E-state index is -1.24. The predicted molar refractivity (Wildman–Crippen MR) is 89.7 cm³/mol. The Labute approximate surface area is 137 Å². The summed E-state index contributed by atoms with van der Waals surface area (Å²) in [5, 5.41) is 15.3. The van der Waals surface area contributed by atoms with Crippen LogP contribution in [0.4, 0.5) is 0 Å². The van der Waals surface area contributed by atoms with E-state index in [0.29, 0.717) is 12.3 Å². The van der Waals surface area contributed by atoms with Gasteiger partial charge in [0, 0.05) is 24.3 Å². The van der Waals surface area contributed by atoms with Crippen LogP contribution in [-0.4, -0.2) is 42.6 Å². The minimum Gasteiger partial charge on any atom is -0.377 e. The lowest BCUT2D eigenvalue weighted by Crippen LogP contribution is -2.43. The fraction of sp³-hybridized carbons (Fsp3) is 0.722. The molecule has 4 heteroatoms. The molecule has 0 amide bonds. The SMILES string of the molecule is C[N+]1(C)CC[C@H](CC(=O)[C@@](O)(c2ccsc2)C2CCCC2)C1. The van der Waals surface area contributed by atoms with Gasteiger partial charge in [-0.2, -0.15) is 11.3 Å². The van der Waals surface area contributed by atoms with Crippen molar-refractivity contribution in [2.45, 2.75) is 44.1 Å². The fourth-order valence-corrected chi connectivity index (χ4v) is 5.16. The number of hydrogen-bond acceptors (Lipinski definition) is 3. The van der Waals surface area contributed by atoms with Crippen molar-refractivity contribution >= 4 is 17.1 Å². The molecule has 1 aliphatic carbocycles. The molecule has 2 fully saturated rings. The van der Waals surface area contributed by atoms with Gasteiger partial charge in [0.25, 0.3) is 0 Å². The van der Waals surface area contributed by atoms with E-state index in [-0.39, 0.29) is 11.7 Å². The zero-order valence-corrected chi connectivity index (χ0v) is 14.6. The Morgan fingerprint density at radius 2 is 2.09 bits per heavy atom. The summed E-state index contributed by atoms with van der Waals surface area (Å²) in [7, 11) is 4.46. The third-order valence-corrected chi connectivity index (χ3v) is 6.38. The van der Waals surface area contributed by atoms with Gasteiger partial charge in [0.1, 0.15) is 0 Å². The number of thiophene rings is 1. The summed E-state index contributed by atoms with van der Waals surface area (Å²) in [6, 6.07) is 1.94. The van der Waals surface area contributed by atoms with Crippen molar-refractivity contribution in [3.63, 3.8) is 0 Å². The van der Waals surface area contributed by atoms with Crippen LogP contribution in [0.3, 0.4) is 0 Å². The molecule has 0 spiro atoms. The van der Waals surface area contributed by atoms with Gasteiger partial charge in [0.15, 0.2) is 11.4 Å². The van der Waals surface area contributed by atoms with Crippen molar-refractivity contribution in [1.29, 1.82) is 0 Å². The van der Waals surface area contributed by atoms with Crippen LogP contribution in [0.15, 0.2) is 16.8 Å². The number of rotatable bonds is 5. The second kappa shape index (κ2) is 6.06. The third-order valence-electron chi connectivity index (χ3n) is 5.70. The molecule has 1 aliphatic heterocycles. The number of Topliss-reactive ketones (excluding diaryl/α,β-unsaturated/α-hetero) is 1. The third kappa shape index (κ3) is 3.01. The van der Waals surface area contributed by atoms with E-state index in [1.807, 2.05) is 16.8 Å². The summed E-state index contributed by atoms with van der Waals surface area (Å²) in [6.45, 7) is 2.19. The number of carbonyl (C=O) groups is 1. The fourth-order valence-electron chi connectivity index (χ4n) is 4.45. The van der Waals surface area contributed by atoms with Crippen molar-refractivity contribution < 1.29 is 14.4 Å². The molecular formula is C18H28NO2S+. The first kappa shape index (κ1) is 16.2. The standard InChI is InChI=1S/C18H28NO2S/c1-19(2)9-7-14(12-19)11-17(20)18(21,15-5-3-4-6-15)16-8-10-22-13-16/h8,10,13-15,21H,3-7,9,11-12H2,1-2H3/q+1/t14-,18+/m1/s1. The Morgan fingerprint density at radius 3 is 2.64 bits per heavy atom. The normalized spacial score (nSPS) is 27.9. The van der Waals surface area contributed by atoms with Gasteiger partial charge in [-0.05, 0) is 35.6 Å². The summed E-state index contributed by atoms with van der Waals surface area (Å²) in [5.41, 5.74) is -0.405. The maximum Gasteiger partial charge on any atom is 0.169 e. The Bertz CT molecular complexity index is 519. The van der Waals surface area contributed by atoms with Gasteiger partial charge in [0.05, 0.1) is 27.2 Å². The lowest BCUT2D eigenvalue weighted by Gasteiger charge is -2.33. The molecule has 0 radical (unpaired) electrons. The zero-order valence-electron chi connectivity index (χ0n) is 13.8. The molecule has 22 heavy (non-hydrogen) atoms. The van der Waals surface area contributed by atoms with E-state index in [1.165, 1.54) is 0 Å². The Balaban J connectivity index is 1.79. The van der Waals surface area contributed by atoms with Gasteiger partial charge in [-0.25, -0.2) is 0 Å². The molecule has 1 saturated carbocycles. The van der Waals surface area contributed by atoms with Crippen LogP contribution < -0.4 is 0 Å². The summed E-state index contributed by atoms with van der Waals surface area (Å²) >= 11 is 1.57. The van der Waals surface area contributed by atoms with Crippen LogP contribution in [0.2, 0.25) is 0 Å². The van der Waals surface area contributed by atoms with Crippen LogP contribution in [-0.2, 0) is 10.4 Å². The predicted octanol–water partition coefficient (Wildman–Crippen LogP) is 3.18. The van der Waals surface area contributed by atoms with Crippen LogP contribution in [0.5, 0.6) is 0 Å². The zero-order chi connectivity index (χ0) is 15.8. The maximum atomic E-state index is 13.1. The largest absolute Gasteiger partial charge is 0.377 e. The van der Waals surface area contributed by atoms with Gasteiger partial charge in [0.2, 0.25) is 0 Å². The number of aliphatic hydroxyl groups is 1. The van der Waals surface area contributed by atoms with E-state index in [4.69, 9.17) is 0 Å². The lowest BCUT2D eigenvalue weighted by molar-refractivity contribution is -0.879. The highest BCUT2D eigenvalue weighted by Crippen LogP contribution is 2.43. The molecule has 1 N–H and O–H groups in total. The van der Waals surface area contributed by atoms with E-state index in [1.54, 1.807) is 11.3 Å². The Kier molecular flexibility index (Phi) is 4.45. The molecule has 1 aromatic rings. The first-order valence-electron chi connectivity index (χ1n) is 8.52. The molecule has 1 aromatic heterocycles. The number of nitrogens with zero attached hydrogens (tertiary/aromatic N) is 1. The number of quaternary nitrogens is 1.